The number of hydrogen-bond acceptors (Lipinski definition) is 6. The van der Waals surface area contributed by atoms with Crippen LogP contribution < -0.4 is 10.4 Å². The maximum absolute atomic E-state index is 13.5. The molecule has 42 heavy (non-hydrogen) atoms. The predicted molar refractivity (Wildman–Crippen MR) is 170 cm³/mol. The summed E-state index contributed by atoms with van der Waals surface area (Å²) < 4.78 is 7.69. The molecule has 0 spiro atoms. The zero-order valence-corrected chi connectivity index (χ0v) is 25.9. The van der Waals surface area contributed by atoms with Crippen molar-refractivity contribution in [1.82, 2.24) is 19.5 Å². The van der Waals surface area contributed by atoms with Gasteiger partial charge in [-0.15, -0.1) is 0 Å². The molecule has 0 saturated heterocycles. The summed E-state index contributed by atoms with van der Waals surface area (Å²) in [5, 5.41) is 30.7. The molecule has 0 bridgehead atoms. The number of aromatic nitrogens is 4. The molecule has 0 aliphatic heterocycles. The highest BCUT2D eigenvalue weighted by Crippen LogP contribution is 2.40. The monoisotopic (exact) mass is 720 g/mol. The molecule has 0 fully saturated rings. The Kier molecular flexibility index (Phi) is 9.28. The molecule has 9 nitrogen and oxygen atoms in total. The molecule has 5 aromatic rings. The SMILES string of the molecule is C[C@@H](c1ccccc1)[C@@H](c1nc(-c2ccc(I)cc2Cl)c(Cl)[nH]1)n1c(O)c(-c2ccc(OC[C@H](O)CO)cc2)[nH]c1=O. The van der Waals surface area contributed by atoms with E-state index in [1.54, 1.807) is 24.3 Å². The van der Waals surface area contributed by atoms with Crippen molar-refractivity contribution < 1.29 is 20.1 Å². The quantitative estimate of drug-likeness (QED) is 0.113. The molecular weight excluding hydrogens is 694 g/mol. The minimum absolute atomic E-state index is 0.0749. The molecule has 12 heteroatoms. The Hall–Kier alpha value is -3.29. The van der Waals surface area contributed by atoms with E-state index in [1.807, 2.05) is 55.5 Å². The van der Waals surface area contributed by atoms with Gasteiger partial charge in [0.25, 0.3) is 0 Å². The third-order valence-electron chi connectivity index (χ3n) is 6.92. The Morgan fingerprint density at radius 2 is 1.76 bits per heavy atom. The summed E-state index contributed by atoms with van der Waals surface area (Å²) in [5.74, 6) is 0.221. The molecule has 0 unspecified atom stereocenters. The maximum atomic E-state index is 13.5. The van der Waals surface area contributed by atoms with Crippen molar-refractivity contribution in [2.45, 2.75) is 25.0 Å². The Balaban J connectivity index is 1.58. The van der Waals surface area contributed by atoms with E-state index in [4.69, 9.17) is 38.0 Å². The Morgan fingerprint density at radius 1 is 1.05 bits per heavy atom. The van der Waals surface area contributed by atoms with Gasteiger partial charge in [-0.25, -0.2) is 9.78 Å². The molecule has 5 rings (SSSR count). The van der Waals surface area contributed by atoms with Crippen LogP contribution in [0.4, 0.5) is 0 Å². The largest absolute Gasteiger partial charge is 0.493 e. The number of ether oxygens (including phenoxy) is 1. The van der Waals surface area contributed by atoms with Crippen LogP contribution in [0.25, 0.3) is 22.5 Å². The number of halogens is 3. The van der Waals surface area contributed by atoms with E-state index in [-0.39, 0.29) is 29.3 Å². The summed E-state index contributed by atoms with van der Waals surface area (Å²) in [5.41, 5.74) is 2.20. The second kappa shape index (κ2) is 12.9. The van der Waals surface area contributed by atoms with E-state index in [9.17, 15) is 15.0 Å². The highest BCUT2D eigenvalue weighted by Gasteiger charge is 2.32. The van der Waals surface area contributed by atoms with Crippen LogP contribution in [0.3, 0.4) is 0 Å². The molecule has 3 aromatic carbocycles. The molecule has 0 aliphatic carbocycles. The highest BCUT2D eigenvalue weighted by molar-refractivity contribution is 14.1. The van der Waals surface area contributed by atoms with Crippen molar-refractivity contribution in [3.8, 4) is 34.1 Å². The number of benzene rings is 3. The third-order valence-corrected chi connectivity index (χ3v) is 8.18. The number of aromatic hydroxyl groups is 1. The van der Waals surface area contributed by atoms with Crippen molar-refractivity contribution in [2.75, 3.05) is 13.2 Å². The van der Waals surface area contributed by atoms with Crippen LogP contribution in [0.5, 0.6) is 11.6 Å². The van der Waals surface area contributed by atoms with Crippen molar-refractivity contribution in [1.29, 1.82) is 0 Å². The first kappa shape index (κ1) is 30.2. The number of nitrogens with one attached hydrogen (secondary N) is 2. The lowest BCUT2D eigenvalue weighted by molar-refractivity contribution is 0.0536. The molecule has 2 heterocycles. The van der Waals surface area contributed by atoms with E-state index >= 15 is 0 Å². The van der Waals surface area contributed by atoms with Gasteiger partial charge in [0.1, 0.15) is 46.9 Å². The maximum Gasteiger partial charge on any atom is 0.329 e. The lowest BCUT2D eigenvalue weighted by Gasteiger charge is -2.24. The molecule has 0 saturated carbocycles. The van der Waals surface area contributed by atoms with Gasteiger partial charge < -0.3 is 30.0 Å². The summed E-state index contributed by atoms with van der Waals surface area (Å²) in [6, 6.07) is 21.0. The van der Waals surface area contributed by atoms with Crippen LogP contribution >= 0.6 is 45.8 Å². The summed E-state index contributed by atoms with van der Waals surface area (Å²) >= 11 is 15.3. The molecule has 3 atom stereocenters. The number of aliphatic hydroxyl groups excluding tert-OH is 2. The van der Waals surface area contributed by atoms with E-state index in [2.05, 4.69) is 32.6 Å². The van der Waals surface area contributed by atoms with Gasteiger partial charge in [-0.1, -0.05) is 66.5 Å². The molecule has 0 aliphatic rings. The lowest BCUT2D eigenvalue weighted by Crippen LogP contribution is -2.27. The number of imidazole rings is 2. The van der Waals surface area contributed by atoms with Gasteiger partial charge in [0.05, 0.1) is 11.6 Å². The number of aromatic amines is 2. The Morgan fingerprint density at radius 3 is 2.43 bits per heavy atom. The minimum atomic E-state index is -1.00. The summed E-state index contributed by atoms with van der Waals surface area (Å²) in [6.07, 6.45) is -1.00. The van der Waals surface area contributed by atoms with Gasteiger partial charge in [0.15, 0.2) is 0 Å². The van der Waals surface area contributed by atoms with Crippen molar-refractivity contribution in [2.24, 2.45) is 0 Å². The number of rotatable bonds is 10. The normalized spacial score (nSPS) is 13.6. The van der Waals surface area contributed by atoms with Crippen LogP contribution in [0, 0.1) is 3.57 Å². The van der Waals surface area contributed by atoms with Gasteiger partial charge >= 0.3 is 5.69 Å². The first-order valence-electron chi connectivity index (χ1n) is 13.0. The Labute approximate surface area is 264 Å². The molecule has 5 N–H and O–H groups in total. The lowest BCUT2D eigenvalue weighted by atomic mass is 9.92. The van der Waals surface area contributed by atoms with Gasteiger partial charge in [0, 0.05) is 20.6 Å². The molecule has 0 amide bonds. The van der Waals surface area contributed by atoms with Crippen molar-refractivity contribution >= 4 is 45.8 Å². The predicted octanol–water partition coefficient (Wildman–Crippen LogP) is 5.98. The number of H-pyrrole nitrogens is 2. The van der Waals surface area contributed by atoms with E-state index in [1.165, 1.54) is 4.57 Å². The topological polar surface area (TPSA) is 136 Å². The number of hydrogen-bond donors (Lipinski definition) is 5. The van der Waals surface area contributed by atoms with Gasteiger partial charge in [-0.05, 0) is 64.6 Å². The van der Waals surface area contributed by atoms with E-state index in [0.29, 0.717) is 33.4 Å². The zero-order valence-electron chi connectivity index (χ0n) is 22.3. The van der Waals surface area contributed by atoms with E-state index < -0.39 is 24.4 Å². The number of aliphatic hydroxyl groups is 2. The molecule has 0 radical (unpaired) electrons. The van der Waals surface area contributed by atoms with Gasteiger partial charge in [-0.2, -0.15) is 0 Å². The van der Waals surface area contributed by atoms with Crippen LogP contribution in [0.2, 0.25) is 10.2 Å². The average Bonchev–Trinajstić information content (AvgIpc) is 3.51. The smallest absolute Gasteiger partial charge is 0.329 e. The van der Waals surface area contributed by atoms with Crippen molar-refractivity contribution in [3.05, 3.63) is 108 Å². The average molecular weight is 721 g/mol. The van der Waals surface area contributed by atoms with Crippen LogP contribution in [-0.2, 0) is 0 Å². The fourth-order valence-electron chi connectivity index (χ4n) is 4.75. The molecular formula is C30H27Cl2IN4O5. The summed E-state index contributed by atoms with van der Waals surface area (Å²) in [6.45, 7) is 1.46. The fourth-order valence-corrected chi connectivity index (χ4v) is 5.94. The first-order chi connectivity index (χ1) is 20.2. The Bertz CT molecular complexity index is 1740. The second-order valence-corrected chi connectivity index (χ2v) is 11.8. The highest BCUT2D eigenvalue weighted by atomic mass is 127. The van der Waals surface area contributed by atoms with Gasteiger partial charge in [0.2, 0.25) is 5.88 Å². The van der Waals surface area contributed by atoms with Gasteiger partial charge in [-0.3, -0.25) is 4.57 Å². The second-order valence-electron chi connectivity index (χ2n) is 9.72. The zero-order chi connectivity index (χ0) is 30.0. The van der Waals surface area contributed by atoms with E-state index in [0.717, 1.165) is 9.13 Å². The summed E-state index contributed by atoms with van der Waals surface area (Å²) in [7, 11) is 0. The first-order valence-corrected chi connectivity index (χ1v) is 14.8. The third kappa shape index (κ3) is 6.23. The van der Waals surface area contributed by atoms with Crippen LogP contribution in [-0.4, -0.2) is 54.2 Å². The molecule has 218 valence electrons. The standard InChI is InChI=1S/C30H27Cl2IN4O5/c1-16(17-5-3-2-4-6-17)26(28-34-25(27(32)36-28)22-12-9-19(33)13-23(22)31)37-29(40)24(35-30(37)41)18-7-10-21(11-8-18)42-15-20(39)14-38/h2-13,16,20,26,38-40H,14-15H2,1H3,(H,34,36)(H,35,41)/t16-,20+,26-/m0/s1. The summed E-state index contributed by atoms with van der Waals surface area (Å²) in [4.78, 5) is 24.2. The molecule has 2 aromatic heterocycles. The van der Waals surface area contributed by atoms with Crippen molar-refractivity contribution in [3.63, 3.8) is 0 Å². The fraction of sp³-hybridized carbons (Fsp3) is 0.200. The van der Waals surface area contributed by atoms with Crippen LogP contribution in [0.1, 0.15) is 30.3 Å². The van der Waals surface area contributed by atoms with Crippen LogP contribution in [0.15, 0.2) is 77.6 Å². The number of nitrogens with zero attached hydrogens (tertiary/aromatic N) is 2. The minimum Gasteiger partial charge on any atom is -0.493 e.